The Bertz CT molecular complexity index is 474. The van der Waals surface area contributed by atoms with Crippen LogP contribution < -0.4 is 10.6 Å². The van der Waals surface area contributed by atoms with E-state index in [1.165, 1.54) is 12.1 Å². The summed E-state index contributed by atoms with van der Waals surface area (Å²) in [4.78, 5) is 21.5. The number of rotatable bonds is 3. The van der Waals surface area contributed by atoms with Crippen LogP contribution in [-0.4, -0.2) is 30.0 Å². The van der Waals surface area contributed by atoms with Gasteiger partial charge in [0.25, 0.3) is 5.91 Å². The summed E-state index contributed by atoms with van der Waals surface area (Å²) in [6, 6.07) is 2.70. The van der Waals surface area contributed by atoms with Gasteiger partial charge < -0.3 is 15.1 Å². The lowest BCUT2D eigenvalue weighted by atomic mass is 10.3. The molecule has 2 fully saturated rings. The Hall–Kier alpha value is -1.89. The van der Waals surface area contributed by atoms with Crippen LogP contribution in [0.2, 0.25) is 0 Å². The van der Waals surface area contributed by atoms with E-state index in [1.54, 1.807) is 0 Å². The lowest BCUT2D eigenvalue weighted by Crippen LogP contribution is -2.32. The fourth-order valence-electron chi connectivity index (χ4n) is 2.40. The molecule has 1 aliphatic heterocycles. The van der Waals surface area contributed by atoms with Crippen LogP contribution in [0.5, 0.6) is 0 Å². The Balaban J connectivity index is 1.64. The average molecular weight is 237 g/mol. The van der Waals surface area contributed by atoms with Crippen LogP contribution in [0.3, 0.4) is 0 Å². The molecule has 7 nitrogen and oxygen atoms in total. The van der Waals surface area contributed by atoms with Gasteiger partial charge in [-0.25, -0.2) is 0 Å². The number of fused-ring (bicyclic) bond motifs is 1. The third kappa shape index (κ3) is 1.68. The smallest absolute Gasteiger partial charge is 0.395 e. The first kappa shape index (κ1) is 10.3. The normalized spacial score (nSPS) is 29.8. The quantitative estimate of drug-likeness (QED) is 0.575. The number of nitrogens with one attached hydrogen (secondary N) is 2. The van der Waals surface area contributed by atoms with Gasteiger partial charge in [-0.2, -0.15) is 0 Å². The van der Waals surface area contributed by atoms with E-state index >= 15 is 0 Å². The van der Waals surface area contributed by atoms with E-state index in [-0.39, 0.29) is 17.7 Å². The number of furan rings is 1. The van der Waals surface area contributed by atoms with E-state index in [1.807, 2.05) is 0 Å². The number of nitro groups is 1. The SMILES string of the molecule is O=C(NC1C2CNCC21)c1ccc([N+](=O)[O-])o1. The minimum absolute atomic E-state index is 0.00497. The molecule has 2 aliphatic rings. The molecular formula is C10H11N3O4. The molecule has 3 rings (SSSR count). The molecule has 2 atom stereocenters. The molecule has 0 radical (unpaired) electrons. The summed E-state index contributed by atoms with van der Waals surface area (Å²) in [7, 11) is 0. The van der Waals surface area contributed by atoms with Crippen molar-refractivity contribution >= 4 is 11.8 Å². The van der Waals surface area contributed by atoms with Gasteiger partial charge in [0.05, 0.1) is 6.07 Å². The highest BCUT2D eigenvalue weighted by molar-refractivity contribution is 5.92. The first-order chi connectivity index (χ1) is 8.16. The zero-order valence-corrected chi connectivity index (χ0v) is 8.88. The fourth-order valence-corrected chi connectivity index (χ4v) is 2.40. The van der Waals surface area contributed by atoms with E-state index in [0.29, 0.717) is 11.8 Å². The molecule has 1 aromatic heterocycles. The van der Waals surface area contributed by atoms with Crippen LogP contribution in [0.4, 0.5) is 5.88 Å². The Morgan fingerprint density at radius 3 is 2.76 bits per heavy atom. The molecule has 7 heteroatoms. The first-order valence-electron chi connectivity index (χ1n) is 5.42. The summed E-state index contributed by atoms with van der Waals surface area (Å²) in [5, 5.41) is 16.5. The predicted molar refractivity (Wildman–Crippen MR) is 56.5 cm³/mol. The molecule has 1 aliphatic carbocycles. The van der Waals surface area contributed by atoms with E-state index < -0.39 is 10.8 Å². The van der Waals surface area contributed by atoms with Gasteiger partial charge in [-0.3, -0.25) is 14.9 Å². The second-order valence-corrected chi connectivity index (χ2v) is 4.38. The molecule has 90 valence electrons. The molecule has 0 bridgehead atoms. The molecule has 17 heavy (non-hydrogen) atoms. The van der Waals surface area contributed by atoms with Crippen LogP contribution in [-0.2, 0) is 0 Å². The highest BCUT2D eigenvalue weighted by Crippen LogP contribution is 2.41. The Kier molecular flexibility index (Phi) is 2.15. The van der Waals surface area contributed by atoms with Crippen molar-refractivity contribution in [1.82, 2.24) is 10.6 Å². The third-order valence-electron chi connectivity index (χ3n) is 3.38. The highest BCUT2D eigenvalue weighted by Gasteiger charge is 2.53. The van der Waals surface area contributed by atoms with Crippen LogP contribution in [0.15, 0.2) is 16.5 Å². The van der Waals surface area contributed by atoms with Gasteiger partial charge in [0.15, 0.2) is 5.76 Å². The summed E-state index contributed by atoms with van der Waals surface area (Å²) in [6.07, 6.45) is 0. The maximum atomic E-state index is 11.7. The number of carbonyl (C=O) groups excluding carboxylic acids is 1. The van der Waals surface area contributed by atoms with E-state index in [9.17, 15) is 14.9 Å². The lowest BCUT2D eigenvalue weighted by Gasteiger charge is -2.05. The molecule has 1 aromatic rings. The molecule has 2 heterocycles. The molecule has 1 saturated carbocycles. The second kappa shape index (κ2) is 3.56. The van der Waals surface area contributed by atoms with Crippen molar-refractivity contribution in [1.29, 1.82) is 0 Å². The Morgan fingerprint density at radius 2 is 2.18 bits per heavy atom. The number of carbonyl (C=O) groups is 1. The summed E-state index contributed by atoms with van der Waals surface area (Å²) >= 11 is 0. The third-order valence-corrected chi connectivity index (χ3v) is 3.38. The predicted octanol–water partition coefficient (Wildman–Crippen LogP) is 0.135. The summed E-state index contributed by atoms with van der Waals surface area (Å²) in [5.74, 6) is 0.215. The summed E-state index contributed by atoms with van der Waals surface area (Å²) in [6.45, 7) is 1.85. The molecule has 0 spiro atoms. The molecule has 2 unspecified atom stereocenters. The summed E-state index contributed by atoms with van der Waals surface area (Å²) in [5.41, 5.74) is 0. The number of nitrogens with zero attached hydrogens (tertiary/aromatic N) is 1. The van der Waals surface area contributed by atoms with Crippen LogP contribution in [0.25, 0.3) is 0 Å². The standard InChI is InChI=1S/C10H11N3O4/c14-10(7-1-2-8(17-7)13(15)16)12-9-5-3-11-4-6(5)9/h1-2,5-6,9,11H,3-4H2,(H,12,14). The monoisotopic (exact) mass is 237 g/mol. The highest BCUT2D eigenvalue weighted by atomic mass is 16.6. The van der Waals surface area contributed by atoms with Gasteiger partial charge >= 0.3 is 5.88 Å². The lowest BCUT2D eigenvalue weighted by molar-refractivity contribution is -0.402. The van der Waals surface area contributed by atoms with Gasteiger partial charge in [-0.15, -0.1) is 0 Å². The van der Waals surface area contributed by atoms with E-state index in [0.717, 1.165) is 13.1 Å². The van der Waals surface area contributed by atoms with Crippen molar-refractivity contribution in [3.63, 3.8) is 0 Å². The maximum absolute atomic E-state index is 11.7. The van der Waals surface area contributed by atoms with Gasteiger partial charge in [-0.1, -0.05) is 0 Å². The summed E-state index contributed by atoms with van der Waals surface area (Å²) < 4.78 is 4.83. The fraction of sp³-hybridized carbons (Fsp3) is 0.500. The molecular weight excluding hydrogens is 226 g/mol. The zero-order chi connectivity index (χ0) is 12.0. The number of amides is 1. The van der Waals surface area contributed by atoms with Crippen molar-refractivity contribution < 1.29 is 14.1 Å². The Morgan fingerprint density at radius 1 is 1.47 bits per heavy atom. The van der Waals surface area contributed by atoms with Crippen molar-refractivity contribution in [2.24, 2.45) is 11.8 Å². The molecule has 1 amide bonds. The largest absolute Gasteiger partial charge is 0.433 e. The average Bonchev–Trinajstić information content (AvgIpc) is 2.82. The van der Waals surface area contributed by atoms with E-state index in [2.05, 4.69) is 10.6 Å². The van der Waals surface area contributed by atoms with Gasteiger partial charge in [0.1, 0.15) is 4.92 Å². The minimum Gasteiger partial charge on any atom is -0.395 e. The molecule has 0 aromatic carbocycles. The van der Waals surface area contributed by atoms with Gasteiger partial charge in [-0.05, 0) is 17.9 Å². The zero-order valence-electron chi connectivity index (χ0n) is 8.88. The number of hydrogen-bond acceptors (Lipinski definition) is 5. The molecule has 2 N–H and O–H groups in total. The minimum atomic E-state index is -0.660. The Labute approximate surface area is 96.3 Å². The number of piperidine rings is 1. The molecule has 1 saturated heterocycles. The first-order valence-corrected chi connectivity index (χ1v) is 5.42. The van der Waals surface area contributed by atoms with E-state index in [4.69, 9.17) is 4.42 Å². The van der Waals surface area contributed by atoms with Crippen LogP contribution >= 0.6 is 0 Å². The second-order valence-electron chi connectivity index (χ2n) is 4.38. The van der Waals surface area contributed by atoms with Crippen molar-refractivity contribution in [3.8, 4) is 0 Å². The van der Waals surface area contributed by atoms with Crippen LogP contribution in [0.1, 0.15) is 10.6 Å². The van der Waals surface area contributed by atoms with Crippen molar-refractivity contribution in [2.75, 3.05) is 13.1 Å². The van der Waals surface area contributed by atoms with Gasteiger partial charge in [0, 0.05) is 19.1 Å². The topological polar surface area (TPSA) is 97.4 Å². The van der Waals surface area contributed by atoms with Gasteiger partial charge in [0.2, 0.25) is 0 Å². The number of hydrogen-bond donors (Lipinski definition) is 2. The maximum Gasteiger partial charge on any atom is 0.433 e. The van der Waals surface area contributed by atoms with Crippen molar-refractivity contribution in [3.05, 3.63) is 28.0 Å². The van der Waals surface area contributed by atoms with Crippen molar-refractivity contribution in [2.45, 2.75) is 6.04 Å². The van der Waals surface area contributed by atoms with Crippen LogP contribution in [0, 0.1) is 22.0 Å².